The van der Waals surface area contributed by atoms with Gasteiger partial charge in [0.05, 0.1) is 12.2 Å². The van der Waals surface area contributed by atoms with Gasteiger partial charge in [-0.15, -0.1) is 0 Å². The van der Waals surface area contributed by atoms with Gasteiger partial charge in [-0.1, -0.05) is 6.07 Å². The first-order valence-electron chi connectivity index (χ1n) is 9.84. The highest BCUT2D eigenvalue weighted by Gasteiger charge is 2.25. The van der Waals surface area contributed by atoms with Crippen molar-refractivity contribution in [1.29, 1.82) is 0 Å². The van der Waals surface area contributed by atoms with Crippen molar-refractivity contribution >= 4 is 17.5 Å². The Balaban J connectivity index is 1.66. The summed E-state index contributed by atoms with van der Waals surface area (Å²) < 4.78 is 27.2. The molecule has 6 nitrogen and oxygen atoms in total. The SMILES string of the molecule is CCNC(=NCc1cccnc1N(C)C)NC1CCN(c2ccc(F)cc2F)C1. The Bertz CT molecular complexity index is 855. The third-order valence-electron chi connectivity index (χ3n) is 4.82. The Morgan fingerprint density at radius 2 is 2.14 bits per heavy atom. The van der Waals surface area contributed by atoms with Crippen LogP contribution >= 0.6 is 0 Å². The second-order valence-corrected chi connectivity index (χ2v) is 7.25. The molecule has 2 N–H and O–H groups in total. The molecule has 1 aliphatic heterocycles. The van der Waals surface area contributed by atoms with Crippen LogP contribution in [0.4, 0.5) is 20.3 Å². The van der Waals surface area contributed by atoms with Crippen LogP contribution in [0.1, 0.15) is 18.9 Å². The van der Waals surface area contributed by atoms with Crippen molar-refractivity contribution in [2.75, 3.05) is 43.5 Å². The summed E-state index contributed by atoms with van der Waals surface area (Å²) in [6.07, 6.45) is 2.62. The van der Waals surface area contributed by atoms with E-state index in [1.54, 1.807) is 6.20 Å². The Kier molecular flexibility index (Phi) is 6.85. The number of aromatic nitrogens is 1. The number of rotatable bonds is 6. The average Bonchev–Trinajstić information content (AvgIpc) is 3.14. The average molecular weight is 402 g/mol. The van der Waals surface area contributed by atoms with Gasteiger partial charge in [0.2, 0.25) is 0 Å². The van der Waals surface area contributed by atoms with E-state index in [4.69, 9.17) is 4.99 Å². The van der Waals surface area contributed by atoms with Crippen molar-refractivity contribution < 1.29 is 8.78 Å². The minimum atomic E-state index is -0.561. The largest absolute Gasteiger partial charge is 0.367 e. The lowest BCUT2D eigenvalue weighted by Crippen LogP contribution is -2.44. The Labute approximate surface area is 170 Å². The first kappa shape index (κ1) is 20.8. The molecule has 29 heavy (non-hydrogen) atoms. The zero-order valence-electron chi connectivity index (χ0n) is 17.1. The summed E-state index contributed by atoms with van der Waals surface area (Å²) in [6, 6.07) is 7.77. The smallest absolute Gasteiger partial charge is 0.191 e. The minimum Gasteiger partial charge on any atom is -0.367 e. The number of hydrogen-bond donors (Lipinski definition) is 2. The molecule has 0 amide bonds. The molecule has 0 saturated carbocycles. The van der Waals surface area contributed by atoms with Gasteiger partial charge < -0.3 is 20.4 Å². The molecule has 1 atom stereocenters. The van der Waals surface area contributed by atoms with Crippen LogP contribution in [0.5, 0.6) is 0 Å². The number of hydrogen-bond acceptors (Lipinski definition) is 4. The summed E-state index contributed by atoms with van der Waals surface area (Å²) in [6.45, 7) is 4.58. The maximum absolute atomic E-state index is 14.1. The van der Waals surface area contributed by atoms with E-state index < -0.39 is 11.6 Å². The summed E-state index contributed by atoms with van der Waals surface area (Å²) in [5, 5.41) is 6.70. The van der Waals surface area contributed by atoms with E-state index in [0.29, 0.717) is 31.3 Å². The highest BCUT2D eigenvalue weighted by Crippen LogP contribution is 2.24. The van der Waals surface area contributed by atoms with Crippen molar-refractivity contribution in [2.45, 2.75) is 25.9 Å². The topological polar surface area (TPSA) is 55.8 Å². The van der Waals surface area contributed by atoms with Crippen LogP contribution in [0.2, 0.25) is 0 Å². The molecule has 156 valence electrons. The summed E-state index contributed by atoms with van der Waals surface area (Å²) in [7, 11) is 3.92. The number of guanidine groups is 1. The Hall–Kier alpha value is -2.90. The predicted octanol–water partition coefficient (Wildman–Crippen LogP) is 2.76. The monoisotopic (exact) mass is 402 g/mol. The number of anilines is 2. The summed E-state index contributed by atoms with van der Waals surface area (Å²) in [4.78, 5) is 13.0. The highest BCUT2D eigenvalue weighted by molar-refractivity contribution is 5.80. The van der Waals surface area contributed by atoms with E-state index in [1.807, 2.05) is 43.0 Å². The number of nitrogens with one attached hydrogen (secondary N) is 2. The summed E-state index contributed by atoms with van der Waals surface area (Å²) >= 11 is 0. The fourth-order valence-corrected chi connectivity index (χ4v) is 3.47. The molecule has 3 rings (SSSR count). The van der Waals surface area contributed by atoms with Crippen LogP contribution in [-0.4, -0.2) is 50.7 Å². The normalized spacial score (nSPS) is 16.8. The van der Waals surface area contributed by atoms with Gasteiger partial charge in [0, 0.05) is 57.6 Å². The molecule has 1 aromatic carbocycles. The lowest BCUT2D eigenvalue weighted by atomic mass is 10.2. The fraction of sp³-hybridized carbons (Fsp3) is 0.429. The number of nitrogens with zero attached hydrogens (tertiary/aromatic N) is 4. The van der Waals surface area contributed by atoms with Gasteiger partial charge in [-0.25, -0.2) is 18.8 Å². The molecular formula is C21H28F2N6. The second-order valence-electron chi connectivity index (χ2n) is 7.25. The molecule has 1 fully saturated rings. The van der Waals surface area contributed by atoms with Crippen LogP contribution in [0.15, 0.2) is 41.5 Å². The van der Waals surface area contributed by atoms with Gasteiger partial charge in [0.25, 0.3) is 0 Å². The molecule has 1 aromatic heterocycles. The molecule has 1 unspecified atom stereocenters. The lowest BCUT2D eigenvalue weighted by molar-refractivity contribution is 0.580. The van der Waals surface area contributed by atoms with Crippen molar-refractivity contribution in [2.24, 2.45) is 4.99 Å². The minimum absolute atomic E-state index is 0.125. The maximum atomic E-state index is 14.1. The number of halogens is 2. The summed E-state index contributed by atoms with van der Waals surface area (Å²) in [5.41, 5.74) is 1.47. The first-order valence-corrected chi connectivity index (χ1v) is 9.84. The first-order chi connectivity index (χ1) is 14.0. The van der Waals surface area contributed by atoms with E-state index >= 15 is 0 Å². The number of pyridine rings is 1. The fourth-order valence-electron chi connectivity index (χ4n) is 3.47. The van der Waals surface area contributed by atoms with E-state index in [0.717, 1.165) is 30.4 Å². The van der Waals surface area contributed by atoms with Gasteiger partial charge in [-0.3, -0.25) is 0 Å². The second kappa shape index (κ2) is 9.54. The van der Waals surface area contributed by atoms with Gasteiger partial charge in [0.1, 0.15) is 17.5 Å². The van der Waals surface area contributed by atoms with E-state index in [-0.39, 0.29) is 6.04 Å². The molecule has 8 heteroatoms. The quantitative estimate of drug-likeness (QED) is 0.575. The number of aliphatic imine (C=N–C) groups is 1. The summed E-state index contributed by atoms with van der Waals surface area (Å²) in [5.74, 6) is 0.520. The van der Waals surface area contributed by atoms with Crippen molar-refractivity contribution in [3.63, 3.8) is 0 Å². The van der Waals surface area contributed by atoms with E-state index in [1.165, 1.54) is 12.1 Å². The standard InChI is InChI=1S/C21H28F2N6/c1-4-24-21(26-13-15-6-5-10-25-20(15)28(2)3)27-17-9-11-29(14-17)19-8-7-16(22)12-18(19)23/h5-8,10,12,17H,4,9,11,13-14H2,1-3H3,(H2,24,26,27). The van der Waals surface area contributed by atoms with Gasteiger partial charge in [-0.05, 0) is 31.5 Å². The van der Waals surface area contributed by atoms with Crippen molar-refractivity contribution in [3.8, 4) is 0 Å². The molecule has 0 spiro atoms. The maximum Gasteiger partial charge on any atom is 0.191 e. The van der Waals surface area contributed by atoms with Crippen molar-refractivity contribution in [3.05, 3.63) is 53.7 Å². The van der Waals surface area contributed by atoms with Crippen molar-refractivity contribution in [1.82, 2.24) is 15.6 Å². The van der Waals surface area contributed by atoms with Gasteiger partial charge >= 0.3 is 0 Å². The van der Waals surface area contributed by atoms with Crippen LogP contribution < -0.4 is 20.4 Å². The van der Waals surface area contributed by atoms with Crippen LogP contribution in [0, 0.1) is 11.6 Å². The van der Waals surface area contributed by atoms with E-state index in [2.05, 4.69) is 15.6 Å². The predicted molar refractivity (Wildman–Crippen MR) is 113 cm³/mol. The molecule has 0 bridgehead atoms. The molecule has 0 radical (unpaired) electrons. The molecule has 0 aliphatic carbocycles. The zero-order valence-corrected chi connectivity index (χ0v) is 17.1. The van der Waals surface area contributed by atoms with Crippen LogP contribution in [0.3, 0.4) is 0 Å². The third kappa shape index (κ3) is 5.34. The third-order valence-corrected chi connectivity index (χ3v) is 4.82. The Morgan fingerprint density at radius 1 is 1.31 bits per heavy atom. The molecular weight excluding hydrogens is 374 g/mol. The molecule has 2 aromatic rings. The lowest BCUT2D eigenvalue weighted by Gasteiger charge is -2.21. The van der Waals surface area contributed by atoms with Crippen LogP contribution in [0.25, 0.3) is 0 Å². The van der Waals surface area contributed by atoms with Gasteiger partial charge in [0.15, 0.2) is 5.96 Å². The number of benzene rings is 1. The van der Waals surface area contributed by atoms with Crippen LogP contribution in [-0.2, 0) is 6.54 Å². The highest BCUT2D eigenvalue weighted by atomic mass is 19.1. The Morgan fingerprint density at radius 3 is 2.86 bits per heavy atom. The molecule has 1 aliphatic rings. The van der Waals surface area contributed by atoms with E-state index in [9.17, 15) is 8.78 Å². The molecule has 1 saturated heterocycles. The zero-order chi connectivity index (χ0) is 20.8. The molecule has 2 heterocycles. The van der Waals surface area contributed by atoms with Gasteiger partial charge in [-0.2, -0.15) is 0 Å².